The van der Waals surface area contributed by atoms with Gasteiger partial charge in [-0.05, 0) is 24.6 Å². The van der Waals surface area contributed by atoms with Crippen LogP contribution in [0.5, 0.6) is 0 Å². The van der Waals surface area contributed by atoms with Crippen LogP contribution in [0.25, 0.3) is 0 Å². The molecule has 0 saturated carbocycles. The molecule has 1 saturated heterocycles. The van der Waals surface area contributed by atoms with Gasteiger partial charge in [-0.1, -0.05) is 30.3 Å². The molecule has 0 bridgehead atoms. The number of aromatic nitrogens is 1. The molecule has 0 N–H and O–H groups in total. The average molecular weight is 312 g/mol. The maximum atomic E-state index is 12.1. The molecule has 0 aliphatic carbocycles. The van der Waals surface area contributed by atoms with Gasteiger partial charge in [-0.15, -0.1) is 0 Å². The third-order valence-electron chi connectivity index (χ3n) is 3.82. The lowest BCUT2D eigenvalue weighted by Gasteiger charge is -2.34. The number of nitrogens with zero attached hydrogens (tertiary/aromatic N) is 2. The topological polar surface area (TPSA) is 51.7 Å². The molecule has 1 aromatic heterocycles. The number of hydrogen-bond donors (Lipinski definition) is 0. The maximum Gasteiger partial charge on any atom is 0.341 e. The van der Waals surface area contributed by atoms with Crippen molar-refractivity contribution in [1.29, 1.82) is 0 Å². The van der Waals surface area contributed by atoms with E-state index in [1.165, 1.54) is 0 Å². The Labute approximate surface area is 135 Å². The minimum atomic E-state index is -0.335. The van der Waals surface area contributed by atoms with Crippen LogP contribution in [0.2, 0.25) is 0 Å². The lowest BCUT2D eigenvalue weighted by molar-refractivity contribution is 0.0389. The Morgan fingerprint density at radius 3 is 2.91 bits per heavy atom. The van der Waals surface area contributed by atoms with Gasteiger partial charge in [0.25, 0.3) is 0 Å². The molecule has 1 atom stereocenters. The molecule has 120 valence electrons. The molecule has 0 spiro atoms. The van der Waals surface area contributed by atoms with E-state index in [0.29, 0.717) is 37.7 Å². The van der Waals surface area contributed by atoms with Gasteiger partial charge >= 0.3 is 5.97 Å². The smallest absolute Gasteiger partial charge is 0.341 e. The van der Waals surface area contributed by atoms with Gasteiger partial charge in [-0.2, -0.15) is 0 Å². The highest BCUT2D eigenvalue weighted by atomic mass is 16.5. The number of pyridine rings is 1. The van der Waals surface area contributed by atoms with Gasteiger partial charge in [0.2, 0.25) is 0 Å². The standard InChI is InChI=1S/C18H20N2O3/c1-2-22-18(21)15-9-6-10-19-17(15)20-11-12-23-16(13-20)14-7-4-3-5-8-14/h3-10,16H,2,11-13H2,1H3. The minimum absolute atomic E-state index is 0.0259. The van der Waals surface area contributed by atoms with Gasteiger partial charge in [-0.25, -0.2) is 9.78 Å². The largest absolute Gasteiger partial charge is 0.462 e. The van der Waals surface area contributed by atoms with Crippen LogP contribution in [0, 0.1) is 0 Å². The Morgan fingerprint density at radius 2 is 2.13 bits per heavy atom. The Morgan fingerprint density at radius 1 is 1.30 bits per heavy atom. The quantitative estimate of drug-likeness (QED) is 0.813. The fourth-order valence-corrected chi connectivity index (χ4v) is 2.73. The van der Waals surface area contributed by atoms with Crippen molar-refractivity contribution in [1.82, 2.24) is 4.98 Å². The van der Waals surface area contributed by atoms with Crippen LogP contribution >= 0.6 is 0 Å². The third kappa shape index (κ3) is 3.51. The number of hydrogen-bond acceptors (Lipinski definition) is 5. The zero-order valence-corrected chi connectivity index (χ0v) is 13.1. The van der Waals surface area contributed by atoms with Crippen LogP contribution in [0.3, 0.4) is 0 Å². The summed E-state index contributed by atoms with van der Waals surface area (Å²) in [6.45, 7) is 4.11. The highest BCUT2D eigenvalue weighted by Gasteiger charge is 2.26. The maximum absolute atomic E-state index is 12.1. The SMILES string of the molecule is CCOC(=O)c1cccnc1N1CCOC(c2ccccc2)C1. The summed E-state index contributed by atoms with van der Waals surface area (Å²) in [5, 5.41) is 0. The normalized spacial score (nSPS) is 17.8. The molecular formula is C18H20N2O3. The number of carbonyl (C=O) groups excluding carboxylic acids is 1. The molecular weight excluding hydrogens is 292 g/mol. The fourth-order valence-electron chi connectivity index (χ4n) is 2.73. The third-order valence-corrected chi connectivity index (χ3v) is 3.82. The Bertz CT molecular complexity index is 660. The van der Waals surface area contributed by atoms with Gasteiger partial charge in [0.15, 0.2) is 0 Å². The first-order chi connectivity index (χ1) is 11.3. The van der Waals surface area contributed by atoms with Crippen molar-refractivity contribution in [3.05, 3.63) is 59.8 Å². The van der Waals surface area contributed by atoms with Crippen LogP contribution in [-0.2, 0) is 9.47 Å². The van der Waals surface area contributed by atoms with E-state index in [-0.39, 0.29) is 12.1 Å². The van der Waals surface area contributed by atoms with Gasteiger partial charge in [0.1, 0.15) is 17.5 Å². The fraction of sp³-hybridized carbons (Fsp3) is 0.333. The second kappa shape index (κ2) is 7.24. The van der Waals surface area contributed by atoms with E-state index in [9.17, 15) is 4.79 Å². The summed E-state index contributed by atoms with van der Waals surface area (Å²) in [6, 6.07) is 13.6. The molecule has 23 heavy (non-hydrogen) atoms. The van der Waals surface area contributed by atoms with Crippen LogP contribution in [0.15, 0.2) is 48.7 Å². The van der Waals surface area contributed by atoms with Crippen LogP contribution < -0.4 is 4.90 Å². The van der Waals surface area contributed by atoms with Gasteiger partial charge in [-0.3, -0.25) is 0 Å². The number of esters is 1. The van der Waals surface area contributed by atoms with E-state index < -0.39 is 0 Å². The van der Waals surface area contributed by atoms with Gasteiger partial charge in [0, 0.05) is 19.3 Å². The molecule has 1 unspecified atom stereocenters. The number of benzene rings is 1. The van der Waals surface area contributed by atoms with E-state index in [1.807, 2.05) is 18.2 Å². The second-order valence-corrected chi connectivity index (χ2v) is 5.31. The predicted octanol–water partition coefficient (Wildman–Crippen LogP) is 2.84. The van der Waals surface area contributed by atoms with E-state index in [1.54, 1.807) is 25.3 Å². The molecule has 2 aromatic rings. The Balaban J connectivity index is 1.83. The second-order valence-electron chi connectivity index (χ2n) is 5.31. The monoisotopic (exact) mass is 312 g/mol. The van der Waals surface area contributed by atoms with Gasteiger partial charge < -0.3 is 14.4 Å². The summed E-state index contributed by atoms with van der Waals surface area (Å²) < 4.78 is 11.0. The number of morpholine rings is 1. The zero-order chi connectivity index (χ0) is 16.1. The molecule has 1 aliphatic heterocycles. The number of anilines is 1. The molecule has 3 rings (SSSR count). The molecule has 1 aromatic carbocycles. The van der Waals surface area contributed by atoms with Crippen molar-refractivity contribution >= 4 is 11.8 Å². The summed E-state index contributed by atoms with van der Waals surface area (Å²) in [5.74, 6) is 0.327. The predicted molar refractivity (Wildman–Crippen MR) is 87.5 cm³/mol. The number of carbonyl (C=O) groups is 1. The van der Waals surface area contributed by atoms with Gasteiger partial charge in [0.05, 0.1) is 13.2 Å². The van der Waals surface area contributed by atoms with Crippen molar-refractivity contribution < 1.29 is 14.3 Å². The van der Waals surface area contributed by atoms with E-state index >= 15 is 0 Å². The molecule has 5 nitrogen and oxygen atoms in total. The van der Waals surface area contributed by atoms with Crippen molar-refractivity contribution in [3.8, 4) is 0 Å². The zero-order valence-electron chi connectivity index (χ0n) is 13.1. The number of rotatable bonds is 4. The Hall–Kier alpha value is -2.40. The lowest BCUT2D eigenvalue weighted by atomic mass is 10.1. The highest BCUT2D eigenvalue weighted by Crippen LogP contribution is 2.27. The first kappa shape index (κ1) is 15.5. The first-order valence-electron chi connectivity index (χ1n) is 7.83. The summed E-state index contributed by atoms with van der Waals surface area (Å²) in [7, 11) is 0. The molecule has 1 fully saturated rings. The van der Waals surface area contributed by atoms with Crippen molar-refractivity contribution in [3.63, 3.8) is 0 Å². The van der Waals surface area contributed by atoms with Crippen molar-refractivity contribution in [2.45, 2.75) is 13.0 Å². The van der Waals surface area contributed by atoms with E-state index in [4.69, 9.17) is 9.47 Å². The molecule has 0 radical (unpaired) electrons. The molecule has 1 aliphatic rings. The first-order valence-corrected chi connectivity index (χ1v) is 7.83. The molecule has 5 heteroatoms. The van der Waals surface area contributed by atoms with Crippen LogP contribution in [-0.4, -0.2) is 37.3 Å². The molecule has 2 heterocycles. The summed E-state index contributed by atoms with van der Waals surface area (Å²) >= 11 is 0. The highest BCUT2D eigenvalue weighted by molar-refractivity contribution is 5.94. The lowest BCUT2D eigenvalue weighted by Crippen LogP contribution is -2.39. The Kier molecular flexibility index (Phi) is 4.88. The van der Waals surface area contributed by atoms with E-state index in [0.717, 1.165) is 5.56 Å². The average Bonchev–Trinajstić information content (AvgIpc) is 2.63. The van der Waals surface area contributed by atoms with Crippen LogP contribution in [0.4, 0.5) is 5.82 Å². The summed E-state index contributed by atoms with van der Waals surface area (Å²) in [6.07, 6.45) is 1.67. The van der Waals surface area contributed by atoms with Crippen LogP contribution in [0.1, 0.15) is 28.9 Å². The van der Waals surface area contributed by atoms with E-state index in [2.05, 4.69) is 22.0 Å². The minimum Gasteiger partial charge on any atom is -0.462 e. The number of ether oxygens (including phenoxy) is 2. The summed E-state index contributed by atoms with van der Waals surface area (Å²) in [4.78, 5) is 18.6. The molecule has 0 amide bonds. The van der Waals surface area contributed by atoms with Crippen molar-refractivity contribution in [2.24, 2.45) is 0 Å². The summed E-state index contributed by atoms with van der Waals surface area (Å²) in [5.41, 5.74) is 1.63. The van der Waals surface area contributed by atoms with Crippen molar-refractivity contribution in [2.75, 3.05) is 31.2 Å².